The summed E-state index contributed by atoms with van der Waals surface area (Å²) < 4.78 is 39.0. The Morgan fingerprint density at radius 3 is 2.27 bits per heavy atom. The summed E-state index contributed by atoms with van der Waals surface area (Å²) in [4.78, 5) is 13.9. The molecular formula is C22H23FN2O3S2. The maximum atomic E-state index is 14.0. The largest absolute Gasteiger partial charge is 0.340 e. The first-order valence-electron chi connectivity index (χ1n) is 9.35. The van der Waals surface area contributed by atoms with Gasteiger partial charge in [-0.25, -0.2) is 12.8 Å². The summed E-state index contributed by atoms with van der Waals surface area (Å²) >= 11 is 1.52. The van der Waals surface area contributed by atoms with Crippen LogP contribution in [0.1, 0.15) is 52.2 Å². The number of benzene rings is 2. The summed E-state index contributed by atoms with van der Waals surface area (Å²) in [6.07, 6.45) is 0.923. The number of anilines is 1. The van der Waals surface area contributed by atoms with E-state index in [0.717, 1.165) is 22.8 Å². The lowest BCUT2D eigenvalue weighted by atomic mass is 9.98. The highest BCUT2D eigenvalue weighted by Crippen LogP contribution is 2.28. The van der Waals surface area contributed by atoms with Crippen molar-refractivity contribution in [2.45, 2.75) is 25.8 Å². The Hall–Kier alpha value is -2.71. The molecule has 0 spiro atoms. The topological polar surface area (TPSA) is 75.3 Å². The molecule has 3 rings (SSSR count). The zero-order valence-electron chi connectivity index (χ0n) is 16.8. The van der Waals surface area contributed by atoms with Crippen molar-refractivity contribution >= 4 is 33.0 Å². The molecule has 158 valence electrons. The van der Waals surface area contributed by atoms with E-state index in [0.29, 0.717) is 5.92 Å². The van der Waals surface area contributed by atoms with E-state index in [4.69, 9.17) is 0 Å². The molecule has 0 saturated carbocycles. The molecule has 1 aromatic heterocycles. The van der Waals surface area contributed by atoms with Crippen LogP contribution in [0.2, 0.25) is 0 Å². The second kappa shape index (κ2) is 8.97. The number of nitrogens with one attached hydrogen (secondary N) is 2. The van der Waals surface area contributed by atoms with E-state index in [1.807, 2.05) is 41.8 Å². The number of sulfonamides is 1. The number of amides is 1. The van der Waals surface area contributed by atoms with Gasteiger partial charge in [-0.15, -0.1) is 11.3 Å². The standard InChI is InChI=1S/C22H23FN2O3S2/c1-14(2)15-6-8-16(9-7-15)21(20-5-4-12-29-20)24-22(26)17-10-11-18(23)19(13-17)25-30(3,27)28/h4-14,21,25H,1-3H3,(H,24,26). The molecule has 0 saturated heterocycles. The summed E-state index contributed by atoms with van der Waals surface area (Å²) in [6, 6.07) is 15.1. The fourth-order valence-electron chi connectivity index (χ4n) is 3.01. The monoisotopic (exact) mass is 446 g/mol. The van der Waals surface area contributed by atoms with Crippen molar-refractivity contribution in [2.24, 2.45) is 0 Å². The Morgan fingerprint density at radius 2 is 1.70 bits per heavy atom. The van der Waals surface area contributed by atoms with Crippen molar-refractivity contribution in [1.29, 1.82) is 0 Å². The van der Waals surface area contributed by atoms with E-state index in [-0.39, 0.29) is 17.3 Å². The van der Waals surface area contributed by atoms with Crippen molar-refractivity contribution < 1.29 is 17.6 Å². The first-order valence-corrected chi connectivity index (χ1v) is 12.1. The second-order valence-corrected chi connectivity index (χ2v) is 10.0. The molecule has 1 amide bonds. The number of carbonyl (C=O) groups excluding carboxylic acids is 1. The van der Waals surface area contributed by atoms with Crippen LogP contribution in [-0.2, 0) is 10.0 Å². The molecule has 0 radical (unpaired) electrons. The number of halogens is 1. The van der Waals surface area contributed by atoms with Crippen LogP contribution in [0.15, 0.2) is 60.0 Å². The molecule has 1 heterocycles. The fraction of sp³-hybridized carbons (Fsp3) is 0.227. The van der Waals surface area contributed by atoms with Crippen LogP contribution >= 0.6 is 11.3 Å². The SMILES string of the molecule is CC(C)c1ccc(C(NC(=O)c2ccc(F)c(NS(C)(=O)=O)c2)c2cccs2)cc1. The van der Waals surface area contributed by atoms with Gasteiger partial charge in [0.15, 0.2) is 0 Å². The van der Waals surface area contributed by atoms with Crippen molar-refractivity contribution in [2.75, 3.05) is 11.0 Å². The van der Waals surface area contributed by atoms with E-state index >= 15 is 0 Å². The van der Waals surface area contributed by atoms with Crippen molar-refractivity contribution in [1.82, 2.24) is 5.32 Å². The molecule has 5 nitrogen and oxygen atoms in total. The molecular weight excluding hydrogens is 423 g/mol. The third-order valence-corrected chi connectivity index (χ3v) is 6.09. The van der Waals surface area contributed by atoms with Crippen molar-refractivity contribution in [3.05, 3.63) is 87.4 Å². The molecule has 0 aliphatic rings. The molecule has 1 unspecified atom stereocenters. The molecule has 0 aliphatic heterocycles. The summed E-state index contributed by atoms with van der Waals surface area (Å²) in [5.41, 5.74) is 2.01. The third-order valence-electron chi connectivity index (χ3n) is 4.56. The Kier molecular flexibility index (Phi) is 6.58. The highest BCUT2D eigenvalue weighted by molar-refractivity contribution is 7.92. The summed E-state index contributed by atoms with van der Waals surface area (Å²) in [7, 11) is -3.67. The normalized spacial score (nSPS) is 12.6. The Morgan fingerprint density at radius 1 is 1.03 bits per heavy atom. The Bertz CT molecular complexity index is 1130. The van der Waals surface area contributed by atoms with Crippen LogP contribution in [0.5, 0.6) is 0 Å². The van der Waals surface area contributed by atoms with E-state index in [2.05, 4.69) is 23.9 Å². The molecule has 0 fully saturated rings. The lowest BCUT2D eigenvalue weighted by Crippen LogP contribution is -2.29. The van der Waals surface area contributed by atoms with Gasteiger partial charge in [-0.2, -0.15) is 0 Å². The Labute approximate surface area is 180 Å². The lowest BCUT2D eigenvalue weighted by molar-refractivity contribution is 0.0943. The van der Waals surface area contributed by atoms with Crippen LogP contribution in [-0.4, -0.2) is 20.6 Å². The zero-order valence-corrected chi connectivity index (χ0v) is 18.5. The van der Waals surface area contributed by atoms with Crippen LogP contribution in [0, 0.1) is 5.82 Å². The molecule has 30 heavy (non-hydrogen) atoms. The summed E-state index contributed by atoms with van der Waals surface area (Å²) in [6.45, 7) is 4.23. The van der Waals surface area contributed by atoms with E-state index in [9.17, 15) is 17.6 Å². The maximum absolute atomic E-state index is 14.0. The van der Waals surface area contributed by atoms with Gasteiger partial charge in [-0.3, -0.25) is 9.52 Å². The number of hydrogen-bond acceptors (Lipinski definition) is 4. The first-order chi connectivity index (χ1) is 14.1. The maximum Gasteiger partial charge on any atom is 0.252 e. The van der Waals surface area contributed by atoms with Crippen molar-refractivity contribution in [3.8, 4) is 0 Å². The Balaban J connectivity index is 1.90. The van der Waals surface area contributed by atoms with Crippen molar-refractivity contribution in [3.63, 3.8) is 0 Å². The molecule has 0 bridgehead atoms. The average Bonchev–Trinajstić information content (AvgIpc) is 3.21. The number of carbonyl (C=O) groups is 1. The first kappa shape index (κ1) is 22.0. The minimum absolute atomic E-state index is 0.155. The van der Waals surface area contributed by atoms with Gasteiger partial charge >= 0.3 is 0 Å². The second-order valence-electron chi connectivity index (χ2n) is 7.31. The van der Waals surface area contributed by atoms with Crippen LogP contribution in [0.25, 0.3) is 0 Å². The van der Waals surface area contributed by atoms with Gasteiger partial charge in [-0.05, 0) is 46.7 Å². The van der Waals surface area contributed by atoms with Gasteiger partial charge < -0.3 is 5.32 Å². The van der Waals surface area contributed by atoms with Gasteiger partial charge in [0.25, 0.3) is 5.91 Å². The van der Waals surface area contributed by atoms with Gasteiger partial charge in [0.05, 0.1) is 18.0 Å². The highest BCUT2D eigenvalue weighted by atomic mass is 32.2. The summed E-state index contributed by atoms with van der Waals surface area (Å²) in [5, 5.41) is 4.92. The third kappa shape index (κ3) is 5.46. The quantitative estimate of drug-likeness (QED) is 0.542. The zero-order chi connectivity index (χ0) is 21.9. The minimum atomic E-state index is -3.67. The number of hydrogen-bond donors (Lipinski definition) is 2. The van der Waals surface area contributed by atoms with Crippen LogP contribution in [0.3, 0.4) is 0 Å². The highest BCUT2D eigenvalue weighted by Gasteiger charge is 2.20. The van der Waals surface area contributed by atoms with Crippen LogP contribution in [0.4, 0.5) is 10.1 Å². The lowest BCUT2D eigenvalue weighted by Gasteiger charge is -2.19. The number of thiophene rings is 1. The predicted molar refractivity (Wildman–Crippen MR) is 119 cm³/mol. The molecule has 2 N–H and O–H groups in total. The van der Waals surface area contributed by atoms with E-state index in [1.165, 1.54) is 29.0 Å². The van der Waals surface area contributed by atoms with Gasteiger partial charge in [0.1, 0.15) is 5.82 Å². The average molecular weight is 447 g/mol. The smallest absolute Gasteiger partial charge is 0.252 e. The molecule has 0 aliphatic carbocycles. The number of rotatable bonds is 7. The van der Waals surface area contributed by atoms with Crippen LogP contribution < -0.4 is 10.0 Å². The van der Waals surface area contributed by atoms with Gasteiger partial charge in [-0.1, -0.05) is 44.2 Å². The minimum Gasteiger partial charge on any atom is -0.340 e. The molecule has 8 heteroatoms. The van der Waals surface area contributed by atoms with Gasteiger partial charge in [0.2, 0.25) is 10.0 Å². The van der Waals surface area contributed by atoms with E-state index in [1.54, 1.807) is 0 Å². The fourth-order valence-corrected chi connectivity index (χ4v) is 4.36. The summed E-state index contributed by atoms with van der Waals surface area (Å²) in [5.74, 6) is -0.789. The predicted octanol–water partition coefficient (Wildman–Crippen LogP) is 4.90. The molecule has 3 aromatic rings. The molecule has 1 atom stereocenters. The van der Waals surface area contributed by atoms with Gasteiger partial charge in [0, 0.05) is 10.4 Å². The molecule has 2 aromatic carbocycles. The van der Waals surface area contributed by atoms with E-state index < -0.39 is 21.7 Å².